The molecule has 3 N–H and O–H groups in total. The van der Waals surface area contributed by atoms with Gasteiger partial charge in [0.1, 0.15) is 12.1 Å². The first kappa shape index (κ1) is 19.0. The lowest BCUT2D eigenvalue weighted by Gasteiger charge is -2.30. The Bertz CT molecular complexity index is 601. The first-order chi connectivity index (χ1) is 12.0. The maximum atomic E-state index is 12.1. The molecule has 136 valence electrons. The van der Waals surface area contributed by atoms with E-state index in [-0.39, 0.29) is 24.1 Å². The lowest BCUT2D eigenvalue weighted by Crippen LogP contribution is -2.62. The highest BCUT2D eigenvalue weighted by Gasteiger charge is 2.33. The summed E-state index contributed by atoms with van der Waals surface area (Å²) in [5.74, 6) is -0.157. The van der Waals surface area contributed by atoms with E-state index in [9.17, 15) is 14.4 Å². The number of amides is 3. The van der Waals surface area contributed by atoms with Crippen LogP contribution in [0.1, 0.15) is 38.7 Å². The zero-order chi connectivity index (χ0) is 18.2. The number of carbonyl (C=O) groups is 3. The molecule has 1 heterocycles. The number of nitrogens with one attached hydrogen (secondary N) is 3. The molecule has 1 saturated heterocycles. The average molecular weight is 345 g/mol. The van der Waals surface area contributed by atoms with Crippen LogP contribution in [0.2, 0.25) is 0 Å². The fourth-order valence-corrected chi connectivity index (χ4v) is 2.87. The van der Waals surface area contributed by atoms with Crippen molar-refractivity contribution in [3.63, 3.8) is 0 Å². The summed E-state index contributed by atoms with van der Waals surface area (Å²) in [6, 6.07) is 8.82. The van der Waals surface area contributed by atoms with Crippen molar-refractivity contribution in [2.24, 2.45) is 5.92 Å². The van der Waals surface area contributed by atoms with Gasteiger partial charge in [0.25, 0.3) is 0 Å². The van der Waals surface area contributed by atoms with Crippen molar-refractivity contribution in [2.45, 2.75) is 51.6 Å². The fourth-order valence-electron chi connectivity index (χ4n) is 2.87. The molecule has 2 atom stereocenters. The van der Waals surface area contributed by atoms with Gasteiger partial charge in [0, 0.05) is 13.0 Å². The minimum absolute atomic E-state index is 0.109. The lowest BCUT2D eigenvalue weighted by molar-refractivity contribution is -0.137. The monoisotopic (exact) mass is 345 g/mol. The predicted molar refractivity (Wildman–Crippen MR) is 95.7 cm³/mol. The third-order valence-electron chi connectivity index (χ3n) is 4.21. The minimum atomic E-state index is -0.629. The van der Waals surface area contributed by atoms with E-state index >= 15 is 0 Å². The summed E-state index contributed by atoms with van der Waals surface area (Å²) in [5.41, 5.74) is 1.16. The van der Waals surface area contributed by atoms with Crippen molar-refractivity contribution < 1.29 is 14.4 Å². The minimum Gasteiger partial charge on any atom is -0.356 e. The van der Waals surface area contributed by atoms with Crippen molar-refractivity contribution in [3.05, 3.63) is 35.9 Å². The van der Waals surface area contributed by atoms with Crippen LogP contribution in [0.4, 0.5) is 0 Å². The van der Waals surface area contributed by atoms with Crippen LogP contribution in [-0.2, 0) is 20.8 Å². The number of piperazine rings is 1. The molecule has 1 fully saturated rings. The smallest absolute Gasteiger partial charge is 0.243 e. The molecule has 0 aromatic heterocycles. The maximum absolute atomic E-state index is 12.1. The Morgan fingerprint density at radius 3 is 2.40 bits per heavy atom. The first-order valence-electron chi connectivity index (χ1n) is 8.87. The summed E-state index contributed by atoms with van der Waals surface area (Å²) in [7, 11) is 0. The fraction of sp³-hybridized carbons (Fsp3) is 0.526. The molecule has 0 unspecified atom stereocenters. The number of hydrogen-bond donors (Lipinski definition) is 3. The normalized spacial score (nSPS) is 20.1. The Morgan fingerprint density at radius 2 is 1.72 bits per heavy atom. The van der Waals surface area contributed by atoms with E-state index in [1.807, 2.05) is 44.2 Å². The Morgan fingerprint density at radius 1 is 1.08 bits per heavy atom. The molecule has 1 aliphatic heterocycles. The van der Waals surface area contributed by atoms with Gasteiger partial charge >= 0.3 is 0 Å². The molecule has 1 aromatic carbocycles. The van der Waals surface area contributed by atoms with Crippen molar-refractivity contribution in [1.29, 1.82) is 0 Å². The molecule has 2 rings (SSSR count). The highest BCUT2D eigenvalue weighted by molar-refractivity contribution is 5.97. The van der Waals surface area contributed by atoms with Crippen molar-refractivity contribution in [3.8, 4) is 0 Å². The second-order valence-electron chi connectivity index (χ2n) is 6.88. The van der Waals surface area contributed by atoms with Crippen LogP contribution in [-0.4, -0.2) is 36.3 Å². The van der Waals surface area contributed by atoms with Gasteiger partial charge in [0.15, 0.2) is 0 Å². The zero-order valence-corrected chi connectivity index (χ0v) is 14.9. The molecule has 0 bridgehead atoms. The summed E-state index contributed by atoms with van der Waals surface area (Å²) in [4.78, 5) is 36.0. The highest BCUT2D eigenvalue weighted by atomic mass is 16.2. The molecule has 0 aliphatic carbocycles. The quantitative estimate of drug-likeness (QED) is 0.661. The van der Waals surface area contributed by atoms with Gasteiger partial charge < -0.3 is 16.0 Å². The van der Waals surface area contributed by atoms with Crippen LogP contribution in [0.3, 0.4) is 0 Å². The van der Waals surface area contributed by atoms with E-state index in [0.29, 0.717) is 25.3 Å². The summed E-state index contributed by atoms with van der Waals surface area (Å²) < 4.78 is 0. The molecular weight excluding hydrogens is 318 g/mol. The molecule has 25 heavy (non-hydrogen) atoms. The standard InChI is InChI=1S/C19H27N3O3/c1-13(2)12-16-19(25)21-15(18(24)22-16)8-9-17(23)20-11-10-14-6-4-3-5-7-14/h3-7,13,15-16H,8-12H2,1-2H3,(H,20,23)(H,21,25)(H,22,24)/t15-,16-/m1/s1. The lowest BCUT2D eigenvalue weighted by atomic mass is 9.98. The van der Waals surface area contributed by atoms with Gasteiger partial charge in [-0.25, -0.2) is 0 Å². The van der Waals surface area contributed by atoms with Crippen LogP contribution in [0.5, 0.6) is 0 Å². The molecule has 0 spiro atoms. The van der Waals surface area contributed by atoms with Gasteiger partial charge in [0.05, 0.1) is 0 Å². The molecule has 1 aliphatic rings. The zero-order valence-electron chi connectivity index (χ0n) is 14.9. The first-order valence-corrected chi connectivity index (χ1v) is 8.87. The summed E-state index contributed by atoms with van der Waals surface area (Å²) in [6.07, 6.45) is 1.90. The van der Waals surface area contributed by atoms with E-state index < -0.39 is 12.1 Å². The van der Waals surface area contributed by atoms with Gasteiger partial charge in [-0.3, -0.25) is 14.4 Å². The third kappa shape index (κ3) is 6.21. The van der Waals surface area contributed by atoms with Crippen molar-refractivity contribution in [2.75, 3.05) is 6.54 Å². The Kier molecular flexibility index (Phi) is 6.98. The second kappa shape index (κ2) is 9.20. The Balaban J connectivity index is 1.69. The maximum Gasteiger partial charge on any atom is 0.243 e. The molecule has 6 nitrogen and oxygen atoms in total. The van der Waals surface area contributed by atoms with E-state index in [1.165, 1.54) is 0 Å². The number of hydrogen-bond acceptors (Lipinski definition) is 3. The van der Waals surface area contributed by atoms with Gasteiger partial charge in [-0.15, -0.1) is 0 Å². The number of carbonyl (C=O) groups excluding carboxylic acids is 3. The Hall–Kier alpha value is -2.37. The summed E-state index contributed by atoms with van der Waals surface area (Å²) in [6.45, 7) is 4.57. The summed E-state index contributed by atoms with van der Waals surface area (Å²) in [5, 5.41) is 8.33. The number of benzene rings is 1. The molecule has 3 amide bonds. The van der Waals surface area contributed by atoms with Gasteiger partial charge in [-0.05, 0) is 30.7 Å². The molecule has 0 saturated carbocycles. The molecule has 0 radical (unpaired) electrons. The second-order valence-corrected chi connectivity index (χ2v) is 6.88. The van der Waals surface area contributed by atoms with Crippen LogP contribution < -0.4 is 16.0 Å². The predicted octanol–water partition coefficient (Wildman–Crippen LogP) is 1.15. The highest BCUT2D eigenvalue weighted by Crippen LogP contribution is 2.11. The summed E-state index contributed by atoms with van der Waals surface area (Å²) >= 11 is 0. The van der Waals surface area contributed by atoms with Gasteiger partial charge in [0.2, 0.25) is 17.7 Å². The van der Waals surface area contributed by atoms with Crippen LogP contribution in [0.15, 0.2) is 30.3 Å². The van der Waals surface area contributed by atoms with Crippen LogP contribution in [0, 0.1) is 5.92 Å². The van der Waals surface area contributed by atoms with Crippen molar-refractivity contribution in [1.82, 2.24) is 16.0 Å². The molecule has 6 heteroatoms. The third-order valence-corrected chi connectivity index (χ3v) is 4.21. The van der Waals surface area contributed by atoms with Gasteiger partial charge in [-0.2, -0.15) is 0 Å². The van der Waals surface area contributed by atoms with Crippen LogP contribution in [0.25, 0.3) is 0 Å². The van der Waals surface area contributed by atoms with Gasteiger partial charge in [-0.1, -0.05) is 44.2 Å². The van der Waals surface area contributed by atoms with E-state index in [0.717, 1.165) is 12.0 Å². The molecular formula is C19H27N3O3. The SMILES string of the molecule is CC(C)C[C@H]1NC(=O)[C@@H](CCC(=O)NCCc2ccccc2)NC1=O. The van der Waals surface area contributed by atoms with E-state index in [1.54, 1.807) is 0 Å². The van der Waals surface area contributed by atoms with Crippen LogP contribution >= 0.6 is 0 Å². The number of rotatable bonds is 8. The van der Waals surface area contributed by atoms with Crippen molar-refractivity contribution >= 4 is 17.7 Å². The van der Waals surface area contributed by atoms with E-state index in [2.05, 4.69) is 16.0 Å². The Labute approximate surface area is 148 Å². The molecule has 1 aromatic rings. The largest absolute Gasteiger partial charge is 0.356 e. The van der Waals surface area contributed by atoms with E-state index in [4.69, 9.17) is 0 Å². The average Bonchev–Trinajstić information content (AvgIpc) is 2.57. The topological polar surface area (TPSA) is 87.3 Å².